The molecule has 1 aliphatic carbocycles. The maximum Gasteiger partial charge on any atom is 0.328 e. The van der Waals surface area contributed by atoms with Gasteiger partial charge >= 0.3 is 5.97 Å². The van der Waals surface area contributed by atoms with Gasteiger partial charge in [0.1, 0.15) is 0 Å². The Kier molecular flexibility index (Phi) is 4.74. The number of amides is 1. The number of aliphatic carboxylic acids is 1. The Hall–Kier alpha value is -1.62. The Morgan fingerprint density at radius 1 is 1.42 bits per heavy atom. The molecule has 0 saturated heterocycles. The average Bonchev–Trinajstić information content (AvgIpc) is 3.04. The molecule has 1 aromatic heterocycles. The minimum absolute atomic E-state index is 0.147. The zero-order chi connectivity index (χ0) is 13.7. The molecule has 1 aromatic rings. The van der Waals surface area contributed by atoms with E-state index in [1.165, 1.54) is 11.3 Å². The molecular weight excluding hydrogens is 262 g/mol. The number of hydrogen-bond donors (Lipinski definition) is 2. The predicted octanol–water partition coefficient (Wildman–Crippen LogP) is 2.65. The van der Waals surface area contributed by atoms with Crippen LogP contribution in [0.25, 0.3) is 6.08 Å². The smallest absolute Gasteiger partial charge is 0.328 e. The third kappa shape index (κ3) is 4.21. The monoisotopic (exact) mass is 279 g/mol. The lowest BCUT2D eigenvalue weighted by atomic mass is 10.1. The number of carbonyl (C=O) groups is 2. The van der Waals surface area contributed by atoms with Crippen molar-refractivity contribution in [2.45, 2.75) is 32.2 Å². The summed E-state index contributed by atoms with van der Waals surface area (Å²) < 4.78 is 0. The van der Waals surface area contributed by atoms with Crippen molar-refractivity contribution in [2.24, 2.45) is 5.92 Å². The lowest BCUT2D eigenvalue weighted by molar-refractivity contribution is -0.131. The lowest BCUT2D eigenvalue weighted by Crippen LogP contribution is -2.28. The molecule has 1 saturated carbocycles. The first-order valence-electron chi connectivity index (χ1n) is 6.41. The lowest BCUT2D eigenvalue weighted by Gasteiger charge is -2.08. The predicted molar refractivity (Wildman–Crippen MR) is 74.8 cm³/mol. The zero-order valence-electron chi connectivity index (χ0n) is 10.6. The van der Waals surface area contributed by atoms with Gasteiger partial charge in [0, 0.05) is 16.9 Å². The Bertz CT molecular complexity index is 487. The Morgan fingerprint density at radius 3 is 2.84 bits per heavy atom. The Morgan fingerprint density at radius 2 is 2.16 bits per heavy atom. The highest BCUT2D eigenvalue weighted by Crippen LogP contribution is 2.25. The van der Waals surface area contributed by atoms with Crippen LogP contribution >= 0.6 is 11.3 Å². The molecule has 102 valence electrons. The molecule has 1 amide bonds. The van der Waals surface area contributed by atoms with E-state index in [9.17, 15) is 9.59 Å². The van der Waals surface area contributed by atoms with Gasteiger partial charge in [-0.25, -0.2) is 4.79 Å². The van der Waals surface area contributed by atoms with Crippen molar-refractivity contribution in [3.8, 4) is 0 Å². The van der Waals surface area contributed by atoms with Gasteiger partial charge in [-0.05, 0) is 35.9 Å². The second-order valence-corrected chi connectivity index (χ2v) is 5.71. The van der Waals surface area contributed by atoms with Crippen molar-refractivity contribution in [3.63, 3.8) is 0 Å². The fourth-order valence-electron chi connectivity index (χ4n) is 2.25. The van der Waals surface area contributed by atoms with Crippen LogP contribution in [-0.2, 0) is 16.1 Å². The molecule has 4 nitrogen and oxygen atoms in total. The van der Waals surface area contributed by atoms with Crippen LogP contribution in [0, 0.1) is 5.92 Å². The summed E-state index contributed by atoms with van der Waals surface area (Å²) in [7, 11) is 0. The van der Waals surface area contributed by atoms with Gasteiger partial charge < -0.3 is 10.4 Å². The molecular formula is C14H17NO3S. The second-order valence-electron chi connectivity index (χ2n) is 4.72. The summed E-state index contributed by atoms with van der Waals surface area (Å²) in [6.07, 6.45) is 6.98. The van der Waals surface area contributed by atoms with Crippen molar-refractivity contribution in [2.75, 3.05) is 0 Å². The molecule has 2 rings (SSSR count). The Balaban J connectivity index is 1.82. The van der Waals surface area contributed by atoms with Gasteiger partial charge in [-0.15, -0.1) is 11.3 Å². The van der Waals surface area contributed by atoms with E-state index >= 15 is 0 Å². The normalized spacial score (nSPS) is 16.0. The number of hydrogen-bond acceptors (Lipinski definition) is 3. The van der Waals surface area contributed by atoms with Gasteiger partial charge in [0.15, 0.2) is 0 Å². The largest absolute Gasteiger partial charge is 0.478 e. The van der Waals surface area contributed by atoms with E-state index in [1.807, 2.05) is 11.4 Å². The number of nitrogens with one attached hydrogen (secondary N) is 1. The van der Waals surface area contributed by atoms with Crippen LogP contribution in [0.5, 0.6) is 0 Å². The molecule has 19 heavy (non-hydrogen) atoms. The zero-order valence-corrected chi connectivity index (χ0v) is 11.4. The molecule has 0 unspecified atom stereocenters. The number of thiophene rings is 1. The highest BCUT2D eigenvalue weighted by molar-refractivity contribution is 7.10. The fraction of sp³-hybridized carbons (Fsp3) is 0.429. The van der Waals surface area contributed by atoms with Gasteiger partial charge in [0.2, 0.25) is 5.91 Å². The fourth-order valence-corrected chi connectivity index (χ4v) is 3.05. The highest BCUT2D eigenvalue weighted by atomic mass is 32.1. The van der Waals surface area contributed by atoms with Crippen LogP contribution in [-0.4, -0.2) is 17.0 Å². The maximum absolute atomic E-state index is 11.8. The van der Waals surface area contributed by atoms with Gasteiger partial charge in [-0.1, -0.05) is 12.8 Å². The first-order chi connectivity index (χ1) is 9.15. The van der Waals surface area contributed by atoms with Crippen LogP contribution in [0.2, 0.25) is 0 Å². The van der Waals surface area contributed by atoms with Crippen molar-refractivity contribution in [3.05, 3.63) is 28.0 Å². The van der Waals surface area contributed by atoms with Gasteiger partial charge in [-0.2, -0.15) is 0 Å². The van der Waals surface area contributed by atoms with E-state index < -0.39 is 5.97 Å². The summed E-state index contributed by atoms with van der Waals surface area (Å²) in [5.74, 6) is -0.623. The summed E-state index contributed by atoms with van der Waals surface area (Å²) >= 11 is 1.53. The Labute approximate surface area is 116 Å². The molecule has 1 fully saturated rings. The molecule has 2 N–H and O–H groups in total. The molecule has 1 aliphatic rings. The first-order valence-corrected chi connectivity index (χ1v) is 7.29. The van der Waals surface area contributed by atoms with Crippen LogP contribution in [0.3, 0.4) is 0 Å². The van der Waals surface area contributed by atoms with E-state index in [-0.39, 0.29) is 11.8 Å². The van der Waals surface area contributed by atoms with Crippen molar-refractivity contribution in [1.29, 1.82) is 0 Å². The van der Waals surface area contributed by atoms with Crippen LogP contribution in [0.15, 0.2) is 17.5 Å². The molecule has 0 radical (unpaired) electrons. The van der Waals surface area contributed by atoms with E-state index in [0.29, 0.717) is 6.54 Å². The molecule has 5 heteroatoms. The molecule has 0 spiro atoms. The summed E-state index contributed by atoms with van der Waals surface area (Å²) in [5, 5.41) is 13.4. The standard InChI is InChI=1S/C14H17NO3S/c16-13(17)6-5-10-7-12(19-9-10)8-15-14(18)11-3-1-2-4-11/h5-7,9,11H,1-4,8H2,(H,15,18)(H,16,17). The number of rotatable bonds is 5. The molecule has 1 heterocycles. The topological polar surface area (TPSA) is 66.4 Å². The van der Waals surface area contributed by atoms with E-state index in [1.54, 1.807) is 6.08 Å². The third-order valence-corrected chi connectivity index (χ3v) is 4.21. The van der Waals surface area contributed by atoms with E-state index in [2.05, 4.69) is 5.32 Å². The molecule has 0 aliphatic heterocycles. The number of carboxylic acid groups (broad SMARTS) is 1. The molecule has 0 bridgehead atoms. The first kappa shape index (κ1) is 13.8. The summed E-state index contributed by atoms with van der Waals surface area (Å²) in [6.45, 7) is 0.529. The van der Waals surface area contributed by atoms with Crippen molar-refractivity contribution >= 4 is 29.3 Å². The maximum atomic E-state index is 11.8. The SMILES string of the molecule is O=C(O)C=Cc1csc(CNC(=O)C2CCCC2)c1. The second kappa shape index (κ2) is 6.52. The number of carbonyl (C=O) groups excluding carboxylic acids is 1. The van der Waals surface area contributed by atoms with E-state index in [0.717, 1.165) is 42.2 Å². The highest BCUT2D eigenvalue weighted by Gasteiger charge is 2.22. The van der Waals surface area contributed by atoms with Gasteiger partial charge in [0.25, 0.3) is 0 Å². The third-order valence-electron chi connectivity index (χ3n) is 3.26. The van der Waals surface area contributed by atoms with Gasteiger partial charge in [0.05, 0.1) is 6.54 Å². The summed E-state index contributed by atoms with van der Waals surface area (Å²) in [4.78, 5) is 23.3. The minimum atomic E-state index is -0.956. The van der Waals surface area contributed by atoms with Crippen molar-refractivity contribution in [1.82, 2.24) is 5.32 Å². The summed E-state index contributed by atoms with van der Waals surface area (Å²) in [6, 6.07) is 1.90. The molecule has 0 atom stereocenters. The minimum Gasteiger partial charge on any atom is -0.478 e. The van der Waals surface area contributed by atoms with Crippen molar-refractivity contribution < 1.29 is 14.7 Å². The summed E-state index contributed by atoms with van der Waals surface area (Å²) in [5.41, 5.74) is 0.859. The van der Waals surface area contributed by atoms with Gasteiger partial charge in [-0.3, -0.25) is 4.79 Å². The van der Waals surface area contributed by atoms with Crippen LogP contribution in [0.1, 0.15) is 36.1 Å². The number of carboxylic acids is 1. The average molecular weight is 279 g/mol. The quantitative estimate of drug-likeness (QED) is 0.814. The molecule has 0 aromatic carbocycles. The van der Waals surface area contributed by atoms with E-state index in [4.69, 9.17) is 5.11 Å². The van der Waals surface area contributed by atoms with Crippen LogP contribution in [0.4, 0.5) is 0 Å². The van der Waals surface area contributed by atoms with Crippen LogP contribution < -0.4 is 5.32 Å².